The molecule has 1 unspecified atom stereocenters. The maximum atomic E-state index is 12.6. The minimum atomic E-state index is -3.63. The zero-order valence-electron chi connectivity index (χ0n) is 13.0. The molecule has 1 fully saturated rings. The van der Waals surface area contributed by atoms with E-state index >= 15 is 0 Å². The van der Waals surface area contributed by atoms with Gasteiger partial charge in [0, 0.05) is 18.4 Å². The average molecular weight is 345 g/mol. The number of benzene rings is 1. The van der Waals surface area contributed by atoms with Gasteiger partial charge in [-0.1, -0.05) is 6.92 Å². The molecule has 1 aliphatic rings. The van der Waals surface area contributed by atoms with Gasteiger partial charge in [0.15, 0.2) is 9.84 Å². The molecular formula is C14H19NO5S2. The van der Waals surface area contributed by atoms with Crippen LogP contribution in [0.15, 0.2) is 17.0 Å². The lowest BCUT2D eigenvalue weighted by Crippen LogP contribution is -2.33. The zero-order chi connectivity index (χ0) is 16.9. The van der Waals surface area contributed by atoms with E-state index < -0.39 is 25.8 Å². The predicted molar refractivity (Wildman–Crippen MR) is 83.0 cm³/mol. The Morgan fingerprint density at radius 1 is 1.27 bits per heavy atom. The third-order valence-corrected chi connectivity index (χ3v) is 6.90. The number of hydrogen-bond donors (Lipinski definition) is 0. The monoisotopic (exact) mass is 345 g/mol. The molecule has 1 amide bonds. The van der Waals surface area contributed by atoms with Gasteiger partial charge < -0.3 is 0 Å². The second-order valence-electron chi connectivity index (χ2n) is 5.90. The fourth-order valence-corrected chi connectivity index (χ4v) is 5.06. The summed E-state index contributed by atoms with van der Waals surface area (Å²) in [7, 11) is -7.11. The smallest absolute Gasteiger partial charge is 0.267 e. The van der Waals surface area contributed by atoms with Gasteiger partial charge >= 0.3 is 0 Å². The first-order chi connectivity index (χ1) is 9.93. The van der Waals surface area contributed by atoms with Crippen LogP contribution in [0.2, 0.25) is 0 Å². The summed E-state index contributed by atoms with van der Waals surface area (Å²) in [5.41, 5.74) is 1.35. The molecular weight excluding hydrogens is 326 g/mol. The average Bonchev–Trinajstić information content (AvgIpc) is 2.63. The van der Waals surface area contributed by atoms with Crippen molar-refractivity contribution < 1.29 is 21.6 Å². The van der Waals surface area contributed by atoms with Crippen molar-refractivity contribution in [2.75, 3.05) is 18.6 Å². The van der Waals surface area contributed by atoms with E-state index in [4.69, 9.17) is 0 Å². The Hall–Kier alpha value is -1.41. The highest BCUT2D eigenvalue weighted by Gasteiger charge is 2.38. The van der Waals surface area contributed by atoms with Crippen LogP contribution in [-0.2, 0) is 19.9 Å². The molecule has 0 aromatic heterocycles. The maximum Gasteiger partial charge on any atom is 0.267 e. The fraction of sp³-hybridized carbons (Fsp3) is 0.500. The van der Waals surface area contributed by atoms with Crippen LogP contribution in [0.25, 0.3) is 0 Å². The summed E-state index contributed by atoms with van der Waals surface area (Å²) in [5, 5.41) is 0. The number of hydrogen-bond acceptors (Lipinski definition) is 5. The van der Waals surface area contributed by atoms with Crippen LogP contribution < -0.4 is 0 Å². The zero-order valence-corrected chi connectivity index (χ0v) is 14.6. The normalized spacial score (nSPS) is 21.1. The standard InChI is InChI=1S/C14H19NO5S2/c1-9-7-15(22(19,20)8-9)14(16)13-6-12(21(4,17)18)5-10(2)11(13)3/h5-6,9H,7-8H2,1-4H3. The summed E-state index contributed by atoms with van der Waals surface area (Å²) < 4.78 is 48.4. The van der Waals surface area contributed by atoms with E-state index in [0.29, 0.717) is 11.1 Å². The Labute approximate surface area is 131 Å². The van der Waals surface area contributed by atoms with E-state index in [-0.39, 0.29) is 28.7 Å². The van der Waals surface area contributed by atoms with E-state index in [2.05, 4.69) is 0 Å². The molecule has 0 N–H and O–H groups in total. The molecule has 0 radical (unpaired) electrons. The second kappa shape index (κ2) is 5.34. The van der Waals surface area contributed by atoms with E-state index in [9.17, 15) is 21.6 Å². The molecule has 0 saturated carbocycles. The third-order valence-electron chi connectivity index (χ3n) is 3.83. The van der Waals surface area contributed by atoms with E-state index in [1.807, 2.05) is 0 Å². The van der Waals surface area contributed by atoms with Crippen molar-refractivity contribution in [3.63, 3.8) is 0 Å². The molecule has 2 rings (SSSR count). The van der Waals surface area contributed by atoms with Crippen LogP contribution in [0.3, 0.4) is 0 Å². The van der Waals surface area contributed by atoms with Crippen LogP contribution in [0.4, 0.5) is 0 Å². The molecule has 1 atom stereocenters. The number of sulfonamides is 1. The lowest BCUT2D eigenvalue weighted by atomic mass is 10.0. The van der Waals surface area contributed by atoms with E-state index in [1.54, 1.807) is 20.8 Å². The maximum absolute atomic E-state index is 12.6. The Kier molecular flexibility index (Phi) is 4.12. The highest BCUT2D eigenvalue weighted by atomic mass is 32.2. The largest absolute Gasteiger partial charge is 0.268 e. The minimum absolute atomic E-state index is 0.0172. The Morgan fingerprint density at radius 3 is 2.32 bits per heavy atom. The lowest BCUT2D eigenvalue weighted by Gasteiger charge is -2.18. The summed E-state index contributed by atoms with van der Waals surface area (Å²) >= 11 is 0. The Morgan fingerprint density at radius 2 is 1.86 bits per heavy atom. The molecule has 1 heterocycles. The van der Waals surface area contributed by atoms with Crippen LogP contribution in [0.1, 0.15) is 28.4 Å². The molecule has 0 aliphatic carbocycles. The predicted octanol–water partition coefficient (Wildman–Crippen LogP) is 1.13. The molecule has 22 heavy (non-hydrogen) atoms. The van der Waals surface area contributed by atoms with Gasteiger partial charge in [0.05, 0.1) is 10.6 Å². The number of rotatable bonds is 2. The highest BCUT2D eigenvalue weighted by molar-refractivity contribution is 7.90. The number of nitrogens with zero attached hydrogens (tertiary/aromatic N) is 1. The molecule has 1 aliphatic heterocycles. The van der Waals surface area contributed by atoms with Crippen molar-refractivity contribution in [3.05, 3.63) is 28.8 Å². The first kappa shape index (κ1) is 17.0. The molecule has 1 aromatic rings. The first-order valence-electron chi connectivity index (χ1n) is 6.79. The van der Waals surface area contributed by atoms with Crippen molar-refractivity contribution in [1.29, 1.82) is 0 Å². The summed E-state index contributed by atoms with van der Waals surface area (Å²) in [6.07, 6.45) is 1.06. The van der Waals surface area contributed by atoms with Gasteiger partial charge in [0.2, 0.25) is 10.0 Å². The van der Waals surface area contributed by atoms with Crippen molar-refractivity contribution >= 4 is 25.8 Å². The number of amides is 1. The SMILES string of the molecule is Cc1cc(S(C)(=O)=O)cc(C(=O)N2CC(C)CS2(=O)=O)c1C. The van der Waals surface area contributed by atoms with Gasteiger partial charge in [0.25, 0.3) is 5.91 Å². The van der Waals surface area contributed by atoms with Crippen LogP contribution in [0.5, 0.6) is 0 Å². The van der Waals surface area contributed by atoms with Gasteiger partial charge in [-0.2, -0.15) is 0 Å². The van der Waals surface area contributed by atoms with Gasteiger partial charge in [-0.25, -0.2) is 21.1 Å². The molecule has 0 bridgehead atoms. The number of sulfone groups is 1. The number of carbonyl (C=O) groups excluding carboxylic acids is 1. The number of carbonyl (C=O) groups is 1. The third kappa shape index (κ3) is 3.03. The second-order valence-corrected chi connectivity index (χ2v) is 9.86. The molecule has 0 spiro atoms. The van der Waals surface area contributed by atoms with Gasteiger partial charge in [0.1, 0.15) is 0 Å². The molecule has 6 nitrogen and oxygen atoms in total. The van der Waals surface area contributed by atoms with Crippen molar-refractivity contribution in [2.24, 2.45) is 5.92 Å². The van der Waals surface area contributed by atoms with Gasteiger partial charge in [-0.15, -0.1) is 0 Å². The van der Waals surface area contributed by atoms with Crippen LogP contribution in [0, 0.1) is 19.8 Å². The molecule has 8 heteroatoms. The van der Waals surface area contributed by atoms with Crippen molar-refractivity contribution in [2.45, 2.75) is 25.7 Å². The topological polar surface area (TPSA) is 88.6 Å². The summed E-state index contributed by atoms with van der Waals surface area (Å²) in [4.78, 5) is 12.6. The minimum Gasteiger partial charge on any atom is -0.268 e. The van der Waals surface area contributed by atoms with E-state index in [1.165, 1.54) is 12.1 Å². The highest BCUT2D eigenvalue weighted by Crippen LogP contribution is 2.26. The Balaban J connectivity index is 2.58. The van der Waals surface area contributed by atoms with Crippen molar-refractivity contribution in [1.82, 2.24) is 4.31 Å². The Bertz CT molecular complexity index is 840. The summed E-state index contributed by atoms with van der Waals surface area (Å²) in [6.45, 7) is 5.27. The summed E-state index contributed by atoms with van der Waals surface area (Å²) in [5.74, 6) is -0.855. The molecule has 122 valence electrons. The van der Waals surface area contributed by atoms with Crippen molar-refractivity contribution in [3.8, 4) is 0 Å². The van der Waals surface area contributed by atoms with Gasteiger partial charge in [-0.05, 0) is 43.0 Å². The summed E-state index contributed by atoms with van der Waals surface area (Å²) in [6, 6.07) is 2.75. The first-order valence-corrected chi connectivity index (χ1v) is 10.3. The molecule has 1 saturated heterocycles. The van der Waals surface area contributed by atoms with Gasteiger partial charge in [-0.3, -0.25) is 4.79 Å². The van der Waals surface area contributed by atoms with Crippen LogP contribution >= 0.6 is 0 Å². The fourth-order valence-electron chi connectivity index (χ4n) is 2.50. The number of aryl methyl sites for hydroxylation is 1. The quantitative estimate of drug-likeness (QED) is 0.802. The molecule has 1 aromatic carbocycles. The lowest BCUT2D eigenvalue weighted by molar-refractivity contribution is 0.0862. The van der Waals surface area contributed by atoms with E-state index in [0.717, 1.165) is 10.6 Å². The van der Waals surface area contributed by atoms with Crippen LogP contribution in [-0.4, -0.2) is 45.6 Å².